The zero-order chi connectivity index (χ0) is 23.5. The number of benzene rings is 2. The first-order chi connectivity index (χ1) is 16.6. The monoisotopic (exact) mass is 460 g/mol. The Kier molecular flexibility index (Phi) is 6.37. The molecule has 1 unspecified atom stereocenters. The van der Waals surface area contributed by atoms with E-state index >= 15 is 0 Å². The Hall–Kier alpha value is -3.19. The fourth-order valence-electron chi connectivity index (χ4n) is 5.62. The number of urea groups is 1. The number of fused-ring (bicyclic) bond motifs is 1. The summed E-state index contributed by atoms with van der Waals surface area (Å²) in [4.78, 5) is 37.7. The normalized spacial score (nSPS) is 22.7. The number of imide groups is 1. The Morgan fingerprint density at radius 2 is 1.82 bits per heavy atom. The number of rotatable bonds is 5. The molecule has 2 aromatic carbocycles. The van der Waals surface area contributed by atoms with Crippen LogP contribution in [0.2, 0.25) is 0 Å². The molecule has 0 aliphatic carbocycles. The lowest BCUT2D eigenvalue weighted by molar-refractivity contribution is -0.782. The summed E-state index contributed by atoms with van der Waals surface area (Å²) in [6, 6.07) is 15.6. The number of aryl methyl sites for hydroxylation is 1. The van der Waals surface area contributed by atoms with E-state index in [1.54, 1.807) is 0 Å². The van der Waals surface area contributed by atoms with Crippen molar-refractivity contribution in [2.45, 2.75) is 57.9 Å². The van der Waals surface area contributed by atoms with Crippen molar-refractivity contribution in [1.82, 2.24) is 9.97 Å². The molecule has 7 heteroatoms. The van der Waals surface area contributed by atoms with E-state index < -0.39 is 0 Å². The van der Waals surface area contributed by atoms with Crippen LogP contribution in [0.15, 0.2) is 48.5 Å². The van der Waals surface area contributed by atoms with Gasteiger partial charge in [-0.1, -0.05) is 24.3 Å². The van der Waals surface area contributed by atoms with Gasteiger partial charge in [0.2, 0.25) is 0 Å². The van der Waals surface area contributed by atoms with Crippen molar-refractivity contribution in [3.8, 4) is 0 Å². The molecule has 2 saturated heterocycles. The average Bonchev–Trinajstić information content (AvgIpc) is 3.47. The summed E-state index contributed by atoms with van der Waals surface area (Å²) in [5.74, 6) is 0.758. The number of nitrogens with one attached hydrogen (secondary N) is 2. The third-order valence-electron chi connectivity index (χ3n) is 7.55. The van der Waals surface area contributed by atoms with Crippen molar-refractivity contribution in [2.75, 3.05) is 29.9 Å². The van der Waals surface area contributed by atoms with Gasteiger partial charge in [0.25, 0.3) is 0 Å². The molecular formula is C27H34N5O2+. The predicted molar refractivity (Wildman–Crippen MR) is 135 cm³/mol. The van der Waals surface area contributed by atoms with Crippen molar-refractivity contribution in [3.05, 3.63) is 54.4 Å². The summed E-state index contributed by atoms with van der Waals surface area (Å²) in [5, 5.41) is 3.17. The van der Waals surface area contributed by atoms with Gasteiger partial charge in [0.05, 0.1) is 35.4 Å². The maximum atomic E-state index is 13.8. The van der Waals surface area contributed by atoms with Crippen molar-refractivity contribution in [3.63, 3.8) is 0 Å². The zero-order valence-electron chi connectivity index (χ0n) is 19.9. The van der Waals surface area contributed by atoms with Crippen LogP contribution in [0.25, 0.3) is 11.0 Å². The second kappa shape index (κ2) is 9.58. The molecule has 2 fully saturated rings. The van der Waals surface area contributed by atoms with E-state index in [4.69, 9.17) is 0 Å². The largest absolute Gasteiger partial charge is 0.428 e. The summed E-state index contributed by atoms with van der Waals surface area (Å²) in [7, 11) is 0. The van der Waals surface area contributed by atoms with Crippen molar-refractivity contribution in [2.24, 2.45) is 0 Å². The number of carbonyl (C=O) groups excluding carboxylic acids is 2. The maximum absolute atomic E-state index is 13.8. The molecule has 2 atom stereocenters. The fourth-order valence-corrected chi connectivity index (χ4v) is 5.62. The quantitative estimate of drug-likeness (QED) is 0.510. The highest BCUT2D eigenvalue weighted by molar-refractivity contribution is 5.95. The minimum absolute atomic E-state index is 0.0293. The lowest BCUT2D eigenvalue weighted by atomic mass is 10.1. The number of aromatic nitrogens is 2. The van der Waals surface area contributed by atoms with Crippen LogP contribution in [0.1, 0.15) is 51.3 Å². The number of likely N-dealkylation sites (tertiary alicyclic amines) is 1. The standard InChI is InChI=1S/C27H33N5O2/c1-20-10-9-19-32(20,26(33)16-15-25-28-21-11-3-4-12-22(21)29-25)27(34)30-23-13-5-6-14-24(23)31-17-7-2-8-18-31/h3-6,11-14,20H,2,7-10,15-19H2,1H3,(H-,28,29,30,34)/p+1/t20-,32?/m1/s1. The minimum atomic E-state index is -0.205. The molecule has 2 N–H and O–H groups in total. The third-order valence-corrected chi connectivity index (χ3v) is 7.55. The second-order valence-electron chi connectivity index (χ2n) is 9.67. The summed E-state index contributed by atoms with van der Waals surface area (Å²) < 4.78 is -0.130. The molecule has 5 rings (SSSR count). The van der Waals surface area contributed by atoms with Crippen LogP contribution in [0.5, 0.6) is 0 Å². The summed E-state index contributed by atoms with van der Waals surface area (Å²) in [6.45, 7) is 4.58. The van der Waals surface area contributed by atoms with Crippen LogP contribution >= 0.6 is 0 Å². The molecule has 0 spiro atoms. The number of aromatic amines is 1. The van der Waals surface area contributed by atoms with Gasteiger partial charge in [0.15, 0.2) is 0 Å². The Balaban J connectivity index is 1.35. The number of amides is 3. The van der Waals surface area contributed by atoms with Gasteiger partial charge in [-0.15, -0.1) is 0 Å². The summed E-state index contributed by atoms with van der Waals surface area (Å²) in [5.41, 5.74) is 3.72. The molecular weight excluding hydrogens is 426 g/mol. The van der Waals surface area contributed by atoms with Crippen LogP contribution in [-0.2, 0) is 11.2 Å². The number of nitrogens with zero attached hydrogens (tertiary/aromatic N) is 3. The summed E-state index contributed by atoms with van der Waals surface area (Å²) >= 11 is 0. The van der Waals surface area contributed by atoms with Gasteiger partial charge in [-0.05, 0) is 50.5 Å². The summed E-state index contributed by atoms with van der Waals surface area (Å²) in [6.07, 6.45) is 6.11. The molecule has 3 amide bonds. The van der Waals surface area contributed by atoms with Gasteiger partial charge < -0.3 is 9.88 Å². The maximum Gasteiger partial charge on any atom is 0.428 e. The Bertz CT molecular complexity index is 1150. The molecule has 7 nitrogen and oxygen atoms in total. The molecule has 2 aliphatic rings. The molecule has 178 valence electrons. The Labute approximate surface area is 200 Å². The van der Waals surface area contributed by atoms with Crippen molar-refractivity contribution < 1.29 is 14.1 Å². The highest BCUT2D eigenvalue weighted by Crippen LogP contribution is 2.33. The molecule has 34 heavy (non-hydrogen) atoms. The molecule has 0 saturated carbocycles. The Morgan fingerprint density at radius 3 is 2.59 bits per heavy atom. The first kappa shape index (κ1) is 22.6. The zero-order valence-corrected chi connectivity index (χ0v) is 19.9. The molecule has 1 aromatic heterocycles. The van der Waals surface area contributed by atoms with Crippen molar-refractivity contribution in [1.29, 1.82) is 0 Å². The molecule has 0 radical (unpaired) electrons. The van der Waals surface area contributed by atoms with Crippen LogP contribution in [0.3, 0.4) is 0 Å². The lowest BCUT2D eigenvalue weighted by Gasteiger charge is -2.34. The highest BCUT2D eigenvalue weighted by atomic mass is 16.2. The molecule has 2 aliphatic heterocycles. The third kappa shape index (κ3) is 4.20. The number of hydrogen-bond acceptors (Lipinski definition) is 4. The predicted octanol–water partition coefficient (Wildman–Crippen LogP) is 5.24. The van der Waals surface area contributed by atoms with E-state index in [1.165, 1.54) is 19.3 Å². The number of imidazole rings is 1. The number of carbonyl (C=O) groups is 2. The second-order valence-corrected chi connectivity index (χ2v) is 9.67. The minimum Gasteiger partial charge on any atom is -0.370 e. The van der Waals surface area contributed by atoms with E-state index in [0.717, 1.165) is 54.2 Å². The smallest absolute Gasteiger partial charge is 0.370 e. The lowest BCUT2D eigenvalue weighted by Crippen LogP contribution is -2.60. The number of piperidine rings is 1. The highest BCUT2D eigenvalue weighted by Gasteiger charge is 2.52. The van der Waals surface area contributed by atoms with E-state index in [0.29, 0.717) is 13.0 Å². The number of H-pyrrole nitrogens is 1. The first-order valence-corrected chi connectivity index (χ1v) is 12.6. The van der Waals surface area contributed by atoms with Crippen molar-refractivity contribution >= 4 is 34.3 Å². The van der Waals surface area contributed by atoms with Gasteiger partial charge in [-0.25, -0.2) is 14.6 Å². The van der Waals surface area contributed by atoms with E-state index in [1.807, 2.05) is 49.4 Å². The average molecular weight is 461 g/mol. The molecule has 3 heterocycles. The van der Waals surface area contributed by atoms with Gasteiger partial charge in [-0.2, -0.15) is 4.48 Å². The molecule has 3 aromatic rings. The number of hydrogen-bond donors (Lipinski definition) is 2. The van der Waals surface area contributed by atoms with Gasteiger partial charge in [-0.3, -0.25) is 5.32 Å². The van der Waals surface area contributed by atoms with Gasteiger partial charge in [0, 0.05) is 32.4 Å². The first-order valence-electron chi connectivity index (χ1n) is 12.6. The Morgan fingerprint density at radius 1 is 1.06 bits per heavy atom. The van der Waals surface area contributed by atoms with Crippen LogP contribution < -0.4 is 10.2 Å². The van der Waals surface area contributed by atoms with Gasteiger partial charge in [0.1, 0.15) is 11.9 Å². The van der Waals surface area contributed by atoms with Crippen LogP contribution in [-0.4, -0.2) is 52.1 Å². The number of anilines is 2. The molecule has 0 bridgehead atoms. The van der Waals surface area contributed by atoms with Gasteiger partial charge >= 0.3 is 11.9 Å². The van der Waals surface area contributed by atoms with E-state index in [2.05, 4.69) is 26.3 Å². The SMILES string of the molecule is C[C@@H]1CCC[N+]1(C(=O)CCc1nc2ccccc2[nH]1)C(=O)Nc1ccccc1N1CCCCC1. The number of para-hydroxylation sites is 4. The van der Waals surface area contributed by atoms with E-state index in [9.17, 15) is 9.59 Å². The van der Waals surface area contributed by atoms with Crippen LogP contribution in [0, 0.1) is 0 Å². The number of quaternary nitrogens is 1. The van der Waals surface area contributed by atoms with Crippen LogP contribution in [0.4, 0.5) is 16.2 Å². The fraction of sp³-hybridized carbons (Fsp3) is 0.444. The topological polar surface area (TPSA) is 78.1 Å². The van der Waals surface area contributed by atoms with E-state index in [-0.39, 0.29) is 28.9 Å².